The summed E-state index contributed by atoms with van der Waals surface area (Å²) in [5, 5.41) is 11.1. The molecule has 0 radical (unpaired) electrons. The lowest BCUT2D eigenvalue weighted by atomic mass is 10.2. The Kier molecular flexibility index (Phi) is 6.37. The van der Waals surface area contributed by atoms with Gasteiger partial charge in [-0.25, -0.2) is 16.8 Å². The van der Waals surface area contributed by atoms with Gasteiger partial charge < -0.3 is 4.74 Å². The summed E-state index contributed by atoms with van der Waals surface area (Å²) in [6.07, 6.45) is 0. The molecule has 0 aliphatic carbocycles. The molecule has 0 atom stereocenters. The van der Waals surface area contributed by atoms with Crippen LogP contribution in [0.25, 0.3) is 0 Å². The van der Waals surface area contributed by atoms with Crippen molar-refractivity contribution in [2.45, 2.75) is 16.7 Å². The number of nitrogens with one attached hydrogen (secondary N) is 2. The predicted molar refractivity (Wildman–Crippen MR) is 119 cm³/mol. The summed E-state index contributed by atoms with van der Waals surface area (Å²) < 4.78 is 60.0. The van der Waals surface area contributed by atoms with Crippen LogP contribution in [0.2, 0.25) is 0 Å². The number of nitro benzene ring substituents is 1. The quantitative estimate of drug-likeness (QED) is 0.373. The summed E-state index contributed by atoms with van der Waals surface area (Å²) in [5.41, 5.74) is 0.431. The van der Waals surface area contributed by atoms with Gasteiger partial charge in [-0.15, -0.1) is 0 Å². The standard InChI is InChI=1S/C20H19N3O7S2/c1-14-3-10-19(13-20(14)23(24)25)32(28,29)22-16-6-11-18(12-7-16)31(26,27)21-15-4-8-17(30-2)9-5-15/h3-13,21-22H,1-2H3. The zero-order valence-corrected chi connectivity index (χ0v) is 18.6. The molecule has 3 aromatic carbocycles. The van der Waals surface area contributed by atoms with Gasteiger partial charge in [0.15, 0.2) is 0 Å². The highest BCUT2D eigenvalue weighted by Crippen LogP contribution is 2.25. The summed E-state index contributed by atoms with van der Waals surface area (Å²) in [7, 11) is -6.53. The van der Waals surface area contributed by atoms with Gasteiger partial charge in [0, 0.05) is 23.0 Å². The van der Waals surface area contributed by atoms with E-state index in [2.05, 4.69) is 9.44 Å². The number of ether oxygens (including phenoxy) is 1. The number of sulfonamides is 2. The van der Waals surface area contributed by atoms with Gasteiger partial charge in [0.2, 0.25) is 0 Å². The van der Waals surface area contributed by atoms with E-state index in [4.69, 9.17) is 4.74 Å². The van der Waals surface area contributed by atoms with Crippen LogP contribution in [0.1, 0.15) is 5.56 Å². The van der Waals surface area contributed by atoms with E-state index in [0.29, 0.717) is 17.0 Å². The molecule has 0 bridgehead atoms. The molecule has 0 heterocycles. The number of methoxy groups -OCH3 is 1. The largest absolute Gasteiger partial charge is 0.497 e. The van der Waals surface area contributed by atoms with Crippen molar-refractivity contribution in [3.63, 3.8) is 0 Å². The van der Waals surface area contributed by atoms with Gasteiger partial charge in [0.25, 0.3) is 25.7 Å². The van der Waals surface area contributed by atoms with Crippen LogP contribution in [-0.4, -0.2) is 28.9 Å². The normalized spacial score (nSPS) is 11.6. The van der Waals surface area contributed by atoms with Crippen molar-refractivity contribution in [2.75, 3.05) is 16.6 Å². The highest BCUT2D eigenvalue weighted by atomic mass is 32.2. The van der Waals surface area contributed by atoms with E-state index in [0.717, 1.165) is 6.07 Å². The van der Waals surface area contributed by atoms with E-state index in [1.165, 1.54) is 50.4 Å². The Morgan fingerprint density at radius 1 is 0.781 bits per heavy atom. The molecule has 0 amide bonds. The van der Waals surface area contributed by atoms with Crippen molar-refractivity contribution in [1.82, 2.24) is 0 Å². The maximum atomic E-state index is 12.6. The van der Waals surface area contributed by atoms with Crippen LogP contribution >= 0.6 is 0 Å². The van der Waals surface area contributed by atoms with Crippen LogP contribution < -0.4 is 14.2 Å². The van der Waals surface area contributed by atoms with Gasteiger partial charge in [-0.05, 0) is 61.5 Å². The fourth-order valence-electron chi connectivity index (χ4n) is 2.74. The molecular weight excluding hydrogens is 458 g/mol. The SMILES string of the molecule is COc1ccc(NS(=O)(=O)c2ccc(NS(=O)(=O)c3ccc(C)c([N+](=O)[O-])c3)cc2)cc1. The number of anilines is 2. The lowest BCUT2D eigenvalue weighted by Crippen LogP contribution is -2.15. The first kappa shape index (κ1) is 23.0. The maximum Gasteiger partial charge on any atom is 0.273 e. The molecule has 0 saturated heterocycles. The molecule has 2 N–H and O–H groups in total. The Morgan fingerprint density at radius 3 is 1.75 bits per heavy atom. The van der Waals surface area contributed by atoms with Crippen LogP contribution in [0.4, 0.5) is 17.1 Å². The number of nitrogens with zero attached hydrogens (tertiary/aromatic N) is 1. The number of benzene rings is 3. The molecule has 3 aromatic rings. The molecule has 168 valence electrons. The molecular formula is C20H19N3O7S2. The molecule has 32 heavy (non-hydrogen) atoms. The smallest absolute Gasteiger partial charge is 0.273 e. The first-order chi connectivity index (χ1) is 15.0. The van der Waals surface area contributed by atoms with Crippen LogP contribution in [0.3, 0.4) is 0 Å². The number of nitro groups is 1. The van der Waals surface area contributed by atoms with Gasteiger partial charge >= 0.3 is 0 Å². The van der Waals surface area contributed by atoms with E-state index < -0.39 is 25.0 Å². The second-order valence-corrected chi connectivity index (χ2v) is 10.0. The third kappa shape index (κ3) is 5.15. The second kappa shape index (κ2) is 8.85. The molecule has 0 unspecified atom stereocenters. The van der Waals surface area contributed by atoms with Gasteiger partial charge in [-0.3, -0.25) is 19.6 Å². The predicted octanol–water partition coefficient (Wildman–Crippen LogP) is 3.51. The Bertz CT molecular complexity index is 1350. The minimum atomic E-state index is -4.12. The van der Waals surface area contributed by atoms with E-state index >= 15 is 0 Å². The summed E-state index contributed by atoms with van der Waals surface area (Å²) >= 11 is 0. The summed E-state index contributed by atoms with van der Waals surface area (Å²) in [4.78, 5) is 10.0. The van der Waals surface area contributed by atoms with Crippen molar-refractivity contribution in [2.24, 2.45) is 0 Å². The Balaban J connectivity index is 1.79. The molecule has 0 aliphatic heterocycles. The molecule has 0 aromatic heterocycles. The topological polar surface area (TPSA) is 145 Å². The molecule has 3 rings (SSSR count). The monoisotopic (exact) mass is 477 g/mol. The molecule has 0 fully saturated rings. The highest BCUT2D eigenvalue weighted by Gasteiger charge is 2.20. The Morgan fingerprint density at radius 2 is 1.25 bits per heavy atom. The van der Waals surface area contributed by atoms with Crippen LogP contribution in [0.15, 0.2) is 76.5 Å². The fourth-order valence-corrected chi connectivity index (χ4v) is 4.88. The first-order valence-corrected chi connectivity index (χ1v) is 12.0. The fraction of sp³-hybridized carbons (Fsp3) is 0.100. The number of hydrogen-bond acceptors (Lipinski definition) is 7. The lowest BCUT2D eigenvalue weighted by molar-refractivity contribution is -0.385. The van der Waals surface area contributed by atoms with Crippen LogP contribution in [0.5, 0.6) is 5.75 Å². The lowest BCUT2D eigenvalue weighted by Gasteiger charge is -2.11. The summed E-state index contributed by atoms with van der Waals surface area (Å²) in [5.74, 6) is 0.573. The molecule has 0 saturated carbocycles. The van der Waals surface area contributed by atoms with Crippen molar-refractivity contribution < 1.29 is 26.5 Å². The third-order valence-corrected chi connectivity index (χ3v) is 7.22. The minimum absolute atomic E-state index is 0.0813. The van der Waals surface area contributed by atoms with Crippen molar-refractivity contribution >= 4 is 37.1 Å². The summed E-state index contributed by atoms with van der Waals surface area (Å²) in [6, 6.07) is 14.9. The first-order valence-electron chi connectivity index (χ1n) is 9.07. The summed E-state index contributed by atoms with van der Waals surface area (Å²) in [6.45, 7) is 1.50. The van der Waals surface area contributed by atoms with Crippen molar-refractivity contribution in [3.8, 4) is 5.75 Å². The number of aryl methyl sites for hydroxylation is 1. The van der Waals surface area contributed by atoms with E-state index in [1.807, 2.05) is 0 Å². The van der Waals surface area contributed by atoms with Crippen LogP contribution in [0, 0.1) is 17.0 Å². The average Bonchev–Trinajstić information content (AvgIpc) is 2.74. The minimum Gasteiger partial charge on any atom is -0.497 e. The number of rotatable bonds is 8. The van der Waals surface area contributed by atoms with E-state index in [-0.39, 0.29) is 21.2 Å². The van der Waals surface area contributed by atoms with E-state index in [1.54, 1.807) is 24.3 Å². The van der Waals surface area contributed by atoms with Crippen molar-refractivity contribution in [3.05, 3.63) is 82.4 Å². The maximum absolute atomic E-state index is 12.6. The van der Waals surface area contributed by atoms with E-state index in [9.17, 15) is 26.9 Å². The Labute approximate surface area is 185 Å². The average molecular weight is 478 g/mol. The van der Waals surface area contributed by atoms with Gasteiger partial charge in [-0.1, -0.05) is 6.07 Å². The zero-order chi connectivity index (χ0) is 23.5. The highest BCUT2D eigenvalue weighted by molar-refractivity contribution is 7.93. The van der Waals surface area contributed by atoms with Gasteiger partial charge in [-0.2, -0.15) is 0 Å². The van der Waals surface area contributed by atoms with Gasteiger partial charge in [0.1, 0.15) is 5.75 Å². The second-order valence-electron chi connectivity index (χ2n) is 6.67. The molecule has 12 heteroatoms. The Hall–Kier alpha value is -3.64. The zero-order valence-electron chi connectivity index (χ0n) is 17.0. The van der Waals surface area contributed by atoms with Crippen molar-refractivity contribution in [1.29, 1.82) is 0 Å². The van der Waals surface area contributed by atoms with Crippen LogP contribution in [-0.2, 0) is 20.0 Å². The third-order valence-electron chi connectivity index (χ3n) is 4.45. The molecule has 0 aliphatic rings. The molecule has 10 nitrogen and oxygen atoms in total. The molecule has 0 spiro atoms. The number of hydrogen-bond donors (Lipinski definition) is 2. The van der Waals surface area contributed by atoms with Gasteiger partial charge in [0.05, 0.1) is 21.8 Å².